The maximum atomic E-state index is 11.5. The smallest absolute Gasteiger partial charge is 0.309 e. The Hall–Kier alpha value is -1.39. The molecule has 1 fully saturated rings. The predicted molar refractivity (Wildman–Crippen MR) is 48.8 cm³/mol. The topological polar surface area (TPSA) is 68.0 Å². The van der Waals surface area contributed by atoms with E-state index in [-0.39, 0.29) is 17.8 Å². The second kappa shape index (κ2) is 3.77. The average molecular weight is 195 g/mol. The Balaban J connectivity index is 1.95. The van der Waals surface area contributed by atoms with Crippen LogP contribution in [0.15, 0.2) is 4.42 Å². The van der Waals surface area contributed by atoms with Gasteiger partial charge in [0.15, 0.2) is 0 Å². The van der Waals surface area contributed by atoms with Crippen molar-refractivity contribution in [1.82, 2.24) is 15.5 Å². The van der Waals surface area contributed by atoms with Crippen LogP contribution in [0.1, 0.15) is 42.3 Å². The van der Waals surface area contributed by atoms with Gasteiger partial charge < -0.3 is 9.73 Å². The molecule has 0 radical (unpaired) electrons. The Bertz CT molecular complexity index is 329. The second-order valence-electron chi connectivity index (χ2n) is 3.58. The molecular weight excluding hydrogens is 182 g/mol. The zero-order valence-electron chi connectivity index (χ0n) is 8.12. The van der Waals surface area contributed by atoms with Crippen LogP contribution in [-0.2, 0) is 0 Å². The normalized spacial score (nSPS) is 17.2. The summed E-state index contributed by atoms with van der Waals surface area (Å²) in [4.78, 5) is 11.5. The van der Waals surface area contributed by atoms with Crippen LogP contribution in [0.5, 0.6) is 0 Å². The van der Waals surface area contributed by atoms with Crippen LogP contribution in [0, 0.1) is 6.92 Å². The number of aromatic nitrogens is 2. The van der Waals surface area contributed by atoms with Crippen LogP contribution < -0.4 is 5.32 Å². The highest BCUT2D eigenvalue weighted by Crippen LogP contribution is 2.17. The molecule has 14 heavy (non-hydrogen) atoms. The summed E-state index contributed by atoms with van der Waals surface area (Å²) in [6.45, 7) is 1.67. The summed E-state index contributed by atoms with van der Waals surface area (Å²) in [7, 11) is 0. The van der Waals surface area contributed by atoms with Gasteiger partial charge in [-0.05, 0) is 12.8 Å². The maximum Gasteiger partial charge on any atom is 0.309 e. The number of carbonyl (C=O) groups excluding carboxylic acids is 1. The molecule has 1 saturated carbocycles. The van der Waals surface area contributed by atoms with Gasteiger partial charge in [-0.3, -0.25) is 4.79 Å². The molecular formula is C9H13N3O2. The lowest BCUT2D eigenvalue weighted by Crippen LogP contribution is -2.32. The van der Waals surface area contributed by atoms with Gasteiger partial charge in [-0.1, -0.05) is 12.8 Å². The lowest BCUT2D eigenvalue weighted by Gasteiger charge is -2.08. The van der Waals surface area contributed by atoms with Gasteiger partial charge >= 0.3 is 11.8 Å². The van der Waals surface area contributed by atoms with Crippen LogP contribution in [-0.4, -0.2) is 22.1 Å². The zero-order valence-corrected chi connectivity index (χ0v) is 8.12. The third-order valence-electron chi connectivity index (χ3n) is 2.41. The molecule has 1 aromatic rings. The number of hydrogen-bond donors (Lipinski definition) is 1. The highest BCUT2D eigenvalue weighted by Gasteiger charge is 2.20. The molecule has 1 aliphatic rings. The number of rotatable bonds is 2. The Morgan fingerprint density at radius 2 is 2.14 bits per heavy atom. The van der Waals surface area contributed by atoms with E-state index in [2.05, 4.69) is 15.5 Å². The molecule has 1 aromatic heterocycles. The zero-order chi connectivity index (χ0) is 9.97. The molecule has 1 N–H and O–H groups in total. The van der Waals surface area contributed by atoms with Crippen molar-refractivity contribution in [1.29, 1.82) is 0 Å². The van der Waals surface area contributed by atoms with Crippen molar-refractivity contribution in [3.05, 3.63) is 11.8 Å². The van der Waals surface area contributed by atoms with E-state index in [1.165, 1.54) is 12.8 Å². The predicted octanol–water partition coefficient (Wildman–Crippen LogP) is 1.05. The first-order valence-electron chi connectivity index (χ1n) is 4.86. The minimum atomic E-state index is -0.252. The molecule has 1 aliphatic carbocycles. The molecule has 0 bridgehead atoms. The fraction of sp³-hybridized carbons (Fsp3) is 0.667. The summed E-state index contributed by atoms with van der Waals surface area (Å²) >= 11 is 0. The van der Waals surface area contributed by atoms with Crippen molar-refractivity contribution in [3.8, 4) is 0 Å². The van der Waals surface area contributed by atoms with Crippen molar-refractivity contribution in [2.75, 3.05) is 0 Å². The van der Waals surface area contributed by atoms with Crippen molar-refractivity contribution in [2.24, 2.45) is 0 Å². The highest BCUT2D eigenvalue weighted by molar-refractivity contribution is 5.89. The van der Waals surface area contributed by atoms with Gasteiger partial charge in [-0.25, -0.2) is 0 Å². The fourth-order valence-electron chi connectivity index (χ4n) is 1.71. The van der Waals surface area contributed by atoms with E-state index in [1.54, 1.807) is 6.92 Å². The van der Waals surface area contributed by atoms with Gasteiger partial charge in [0.05, 0.1) is 0 Å². The number of aryl methyl sites for hydroxylation is 1. The third-order valence-corrected chi connectivity index (χ3v) is 2.41. The van der Waals surface area contributed by atoms with Crippen LogP contribution >= 0.6 is 0 Å². The van der Waals surface area contributed by atoms with Gasteiger partial charge in [0.25, 0.3) is 0 Å². The lowest BCUT2D eigenvalue weighted by atomic mass is 10.2. The van der Waals surface area contributed by atoms with Gasteiger partial charge in [0.2, 0.25) is 5.89 Å². The van der Waals surface area contributed by atoms with Crippen molar-refractivity contribution in [2.45, 2.75) is 38.6 Å². The van der Waals surface area contributed by atoms with Gasteiger partial charge in [-0.2, -0.15) is 0 Å². The number of nitrogens with one attached hydrogen (secondary N) is 1. The van der Waals surface area contributed by atoms with Crippen LogP contribution in [0.3, 0.4) is 0 Å². The van der Waals surface area contributed by atoms with Crippen molar-refractivity contribution in [3.63, 3.8) is 0 Å². The number of amides is 1. The van der Waals surface area contributed by atoms with E-state index >= 15 is 0 Å². The molecule has 0 spiro atoms. The van der Waals surface area contributed by atoms with E-state index in [0.717, 1.165) is 12.8 Å². The summed E-state index contributed by atoms with van der Waals surface area (Å²) in [5.74, 6) is 0.230. The van der Waals surface area contributed by atoms with Gasteiger partial charge in [0.1, 0.15) is 0 Å². The summed E-state index contributed by atoms with van der Waals surface area (Å²) in [6, 6.07) is 0.287. The van der Waals surface area contributed by atoms with Crippen LogP contribution in [0.2, 0.25) is 0 Å². The molecule has 0 saturated heterocycles. The second-order valence-corrected chi connectivity index (χ2v) is 3.58. The lowest BCUT2D eigenvalue weighted by molar-refractivity contribution is 0.0901. The molecule has 0 atom stereocenters. The van der Waals surface area contributed by atoms with E-state index in [4.69, 9.17) is 4.42 Å². The number of hydrogen-bond acceptors (Lipinski definition) is 4. The van der Waals surface area contributed by atoms with E-state index < -0.39 is 0 Å². The van der Waals surface area contributed by atoms with E-state index in [1.807, 2.05) is 0 Å². The quantitative estimate of drug-likeness (QED) is 0.765. The van der Waals surface area contributed by atoms with Crippen LogP contribution in [0.25, 0.3) is 0 Å². The minimum absolute atomic E-state index is 0.0643. The number of nitrogens with zero attached hydrogens (tertiary/aromatic N) is 2. The van der Waals surface area contributed by atoms with E-state index in [9.17, 15) is 4.79 Å². The molecule has 1 amide bonds. The number of carbonyl (C=O) groups is 1. The van der Waals surface area contributed by atoms with Crippen molar-refractivity contribution < 1.29 is 9.21 Å². The first-order chi connectivity index (χ1) is 6.75. The minimum Gasteiger partial charge on any atom is -0.417 e. The summed E-state index contributed by atoms with van der Waals surface area (Å²) < 4.78 is 5.02. The fourth-order valence-corrected chi connectivity index (χ4v) is 1.71. The van der Waals surface area contributed by atoms with Gasteiger partial charge in [-0.15, -0.1) is 10.2 Å². The Morgan fingerprint density at radius 3 is 2.71 bits per heavy atom. The van der Waals surface area contributed by atoms with E-state index in [0.29, 0.717) is 5.89 Å². The van der Waals surface area contributed by atoms with Crippen molar-refractivity contribution >= 4 is 5.91 Å². The summed E-state index contributed by atoms with van der Waals surface area (Å²) in [5, 5.41) is 10.1. The molecule has 2 rings (SSSR count). The largest absolute Gasteiger partial charge is 0.417 e. The molecule has 5 heteroatoms. The Kier molecular flexibility index (Phi) is 2.47. The standard InChI is InChI=1S/C9H13N3O2/c1-6-11-12-9(14-6)8(13)10-7-4-2-3-5-7/h7H,2-5H2,1H3,(H,10,13). The summed E-state index contributed by atoms with van der Waals surface area (Å²) in [5.41, 5.74) is 0. The Labute approximate surface area is 81.9 Å². The molecule has 5 nitrogen and oxygen atoms in total. The summed E-state index contributed by atoms with van der Waals surface area (Å²) in [6.07, 6.45) is 4.49. The van der Waals surface area contributed by atoms with Gasteiger partial charge in [0, 0.05) is 13.0 Å². The average Bonchev–Trinajstić information content (AvgIpc) is 2.75. The first kappa shape index (κ1) is 9.18. The Morgan fingerprint density at radius 1 is 1.43 bits per heavy atom. The molecule has 0 unspecified atom stereocenters. The monoisotopic (exact) mass is 195 g/mol. The third kappa shape index (κ3) is 1.92. The maximum absolute atomic E-state index is 11.5. The molecule has 0 aliphatic heterocycles. The molecule has 1 heterocycles. The van der Waals surface area contributed by atoms with Crippen LogP contribution in [0.4, 0.5) is 0 Å². The highest BCUT2D eigenvalue weighted by atomic mass is 16.4. The SMILES string of the molecule is Cc1nnc(C(=O)NC2CCCC2)o1. The molecule has 76 valence electrons. The molecule has 0 aromatic carbocycles. The first-order valence-corrected chi connectivity index (χ1v) is 4.86.